The largest absolute Gasteiger partial charge is 0.343 e. The van der Waals surface area contributed by atoms with Gasteiger partial charge < -0.3 is 9.84 Å². The number of nitrogens with one attached hydrogen (secondary N) is 1. The van der Waals surface area contributed by atoms with Gasteiger partial charge in [0.2, 0.25) is 6.39 Å². The fourth-order valence-corrected chi connectivity index (χ4v) is 2.43. The monoisotopic (exact) mass is 273 g/mol. The summed E-state index contributed by atoms with van der Waals surface area (Å²) in [5, 5.41) is 8.98. The Morgan fingerprint density at radius 1 is 1.50 bits per heavy atom. The van der Waals surface area contributed by atoms with Crippen molar-refractivity contribution in [2.45, 2.75) is 13.1 Å². The minimum atomic E-state index is 0.631. The van der Waals surface area contributed by atoms with Crippen molar-refractivity contribution >= 4 is 27.3 Å². The number of halogens is 1. The Morgan fingerprint density at radius 3 is 3.07 bits per heavy atom. The topological polar surface area (TPSA) is 51.0 Å². The molecule has 74 valence electrons. The van der Waals surface area contributed by atoms with Crippen LogP contribution in [0.3, 0.4) is 0 Å². The van der Waals surface area contributed by atoms with Crippen LogP contribution in [0.1, 0.15) is 10.7 Å². The van der Waals surface area contributed by atoms with E-state index in [9.17, 15) is 0 Å². The summed E-state index contributed by atoms with van der Waals surface area (Å²) in [7, 11) is 0. The van der Waals surface area contributed by atoms with E-state index in [4.69, 9.17) is 0 Å². The van der Waals surface area contributed by atoms with E-state index in [-0.39, 0.29) is 0 Å². The molecule has 0 radical (unpaired) electrons. The molecule has 0 bridgehead atoms. The number of hydrogen-bond donors (Lipinski definition) is 1. The normalized spacial score (nSPS) is 10.6. The Hall–Kier alpha value is -0.720. The zero-order valence-electron chi connectivity index (χ0n) is 7.24. The van der Waals surface area contributed by atoms with Crippen molar-refractivity contribution in [2.75, 3.05) is 0 Å². The van der Waals surface area contributed by atoms with Crippen LogP contribution in [0.2, 0.25) is 0 Å². The summed E-state index contributed by atoms with van der Waals surface area (Å²) < 4.78 is 5.74. The molecule has 0 aliphatic rings. The number of thiophene rings is 1. The fourth-order valence-electron chi connectivity index (χ4n) is 1.01. The molecule has 0 aromatic carbocycles. The maximum atomic E-state index is 4.62. The fraction of sp³-hybridized carbons (Fsp3) is 0.250. The van der Waals surface area contributed by atoms with E-state index in [0.717, 1.165) is 11.0 Å². The third-order valence-electron chi connectivity index (χ3n) is 1.61. The third kappa shape index (κ3) is 2.63. The molecule has 2 aromatic rings. The molecule has 0 saturated heterocycles. The lowest BCUT2D eigenvalue weighted by atomic mass is 10.4. The van der Waals surface area contributed by atoms with Crippen LogP contribution in [-0.4, -0.2) is 10.1 Å². The first-order valence-corrected chi connectivity index (χ1v) is 5.71. The zero-order valence-corrected chi connectivity index (χ0v) is 9.64. The van der Waals surface area contributed by atoms with Crippen molar-refractivity contribution in [3.63, 3.8) is 0 Å². The molecular formula is C8H8BrN3OS. The van der Waals surface area contributed by atoms with Gasteiger partial charge in [-0.25, -0.2) is 0 Å². The van der Waals surface area contributed by atoms with Gasteiger partial charge in [0.25, 0.3) is 0 Å². The highest BCUT2D eigenvalue weighted by Crippen LogP contribution is 2.19. The molecule has 1 N–H and O–H groups in total. The Balaban J connectivity index is 1.78. The Morgan fingerprint density at radius 2 is 2.43 bits per heavy atom. The SMILES string of the molecule is Brc1csc(CNCc2ncon2)c1. The summed E-state index contributed by atoms with van der Waals surface area (Å²) in [5.74, 6) is 0.681. The van der Waals surface area contributed by atoms with Crippen molar-refractivity contribution in [2.24, 2.45) is 0 Å². The summed E-state index contributed by atoms with van der Waals surface area (Å²) in [4.78, 5) is 5.18. The zero-order chi connectivity index (χ0) is 9.80. The summed E-state index contributed by atoms with van der Waals surface area (Å²) >= 11 is 5.12. The standard InChI is InChI=1S/C8H8BrN3OS/c9-6-1-7(14-4-6)2-10-3-8-11-5-13-12-8/h1,4-5,10H,2-3H2. The molecule has 0 fully saturated rings. The number of aromatic nitrogens is 2. The van der Waals surface area contributed by atoms with Gasteiger partial charge >= 0.3 is 0 Å². The minimum absolute atomic E-state index is 0.631. The number of hydrogen-bond acceptors (Lipinski definition) is 5. The molecule has 0 aliphatic heterocycles. The highest BCUT2D eigenvalue weighted by atomic mass is 79.9. The maximum absolute atomic E-state index is 4.62. The molecule has 2 aromatic heterocycles. The van der Waals surface area contributed by atoms with Gasteiger partial charge in [-0.1, -0.05) is 5.16 Å². The molecule has 0 spiro atoms. The predicted octanol–water partition coefficient (Wildman–Crippen LogP) is 2.18. The van der Waals surface area contributed by atoms with Gasteiger partial charge in [-0.15, -0.1) is 11.3 Å². The molecule has 0 saturated carbocycles. The molecular weight excluding hydrogens is 266 g/mol. The number of nitrogens with zero attached hydrogens (tertiary/aromatic N) is 2. The number of rotatable bonds is 4. The van der Waals surface area contributed by atoms with Crippen LogP contribution in [0.25, 0.3) is 0 Å². The lowest BCUT2D eigenvalue weighted by Crippen LogP contribution is -2.12. The van der Waals surface area contributed by atoms with Gasteiger partial charge in [0.1, 0.15) is 0 Å². The first-order valence-electron chi connectivity index (χ1n) is 4.03. The van der Waals surface area contributed by atoms with Crippen LogP contribution in [0.5, 0.6) is 0 Å². The Labute approximate surface area is 93.5 Å². The smallest absolute Gasteiger partial charge is 0.213 e. The molecule has 14 heavy (non-hydrogen) atoms. The maximum Gasteiger partial charge on any atom is 0.213 e. The van der Waals surface area contributed by atoms with Crippen molar-refractivity contribution in [3.05, 3.63) is 33.0 Å². The van der Waals surface area contributed by atoms with E-state index >= 15 is 0 Å². The molecule has 2 heterocycles. The highest BCUT2D eigenvalue weighted by Gasteiger charge is 1.99. The third-order valence-corrected chi connectivity index (χ3v) is 3.31. The lowest BCUT2D eigenvalue weighted by molar-refractivity contribution is 0.407. The summed E-state index contributed by atoms with van der Waals surface area (Å²) in [6.45, 7) is 1.46. The minimum Gasteiger partial charge on any atom is -0.343 e. The molecule has 2 rings (SSSR count). The molecule has 0 unspecified atom stereocenters. The first-order chi connectivity index (χ1) is 6.84. The molecule has 0 atom stereocenters. The summed E-state index contributed by atoms with van der Waals surface area (Å²) in [6, 6.07) is 2.09. The van der Waals surface area contributed by atoms with E-state index in [1.807, 2.05) is 0 Å². The first kappa shape index (κ1) is 9.82. The van der Waals surface area contributed by atoms with Crippen molar-refractivity contribution in [1.82, 2.24) is 15.5 Å². The Bertz CT molecular complexity index is 387. The van der Waals surface area contributed by atoms with E-state index in [2.05, 4.69) is 47.4 Å². The van der Waals surface area contributed by atoms with Gasteiger partial charge in [-0.05, 0) is 22.0 Å². The summed E-state index contributed by atoms with van der Waals surface area (Å²) in [5.41, 5.74) is 0. The van der Waals surface area contributed by atoms with Gasteiger partial charge in [0.15, 0.2) is 5.82 Å². The van der Waals surface area contributed by atoms with Crippen molar-refractivity contribution in [1.29, 1.82) is 0 Å². The quantitative estimate of drug-likeness (QED) is 0.928. The van der Waals surface area contributed by atoms with E-state index in [0.29, 0.717) is 12.4 Å². The Kier molecular flexibility index (Phi) is 3.28. The molecule has 6 heteroatoms. The van der Waals surface area contributed by atoms with Gasteiger partial charge in [0, 0.05) is 21.3 Å². The second-order valence-corrected chi connectivity index (χ2v) is 4.59. The van der Waals surface area contributed by atoms with Crippen LogP contribution in [-0.2, 0) is 13.1 Å². The van der Waals surface area contributed by atoms with Crippen LogP contribution in [0.15, 0.2) is 26.8 Å². The average molecular weight is 274 g/mol. The van der Waals surface area contributed by atoms with Gasteiger partial charge in [0.05, 0.1) is 6.54 Å². The van der Waals surface area contributed by atoms with Crippen LogP contribution in [0, 0.1) is 0 Å². The second-order valence-electron chi connectivity index (χ2n) is 2.68. The van der Waals surface area contributed by atoms with Crippen LogP contribution in [0.4, 0.5) is 0 Å². The molecule has 4 nitrogen and oxygen atoms in total. The predicted molar refractivity (Wildman–Crippen MR) is 56.9 cm³/mol. The van der Waals surface area contributed by atoms with Gasteiger partial charge in [-0.2, -0.15) is 4.98 Å². The van der Waals surface area contributed by atoms with Gasteiger partial charge in [-0.3, -0.25) is 0 Å². The average Bonchev–Trinajstić information content (AvgIpc) is 2.77. The molecule has 0 aliphatic carbocycles. The summed E-state index contributed by atoms with van der Waals surface area (Å²) in [6.07, 6.45) is 1.33. The van der Waals surface area contributed by atoms with E-state index in [1.165, 1.54) is 11.3 Å². The second kappa shape index (κ2) is 4.68. The van der Waals surface area contributed by atoms with Crippen molar-refractivity contribution < 1.29 is 4.52 Å². The van der Waals surface area contributed by atoms with E-state index in [1.54, 1.807) is 11.3 Å². The molecule has 0 amide bonds. The van der Waals surface area contributed by atoms with E-state index < -0.39 is 0 Å². The highest BCUT2D eigenvalue weighted by molar-refractivity contribution is 9.10. The van der Waals surface area contributed by atoms with Crippen LogP contribution < -0.4 is 5.32 Å². The van der Waals surface area contributed by atoms with Crippen LogP contribution >= 0.6 is 27.3 Å². The lowest BCUT2D eigenvalue weighted by Gasteiger charge is -1.97. The van der Waals surface area contributed by atoms with Crippen molar-refractivity contribution in [3.8, 4) is 0 Å².